The van der Waals surface area contributed by atoms with Crippen LogP contribution < -0.4 is 10.6 Å². The molecule has 0 bridgehead atoms. The smallest absolute Gasteiger partial charge is 0.191 e. The summed E-state index contributed by atoms with van der Waals surface area (Å²) in [5.74, 6) is 0.888. The molecule has 2 rings (SSSR count). The van der Waals surface area contributed by atoms with E-state index >= 15 is 0 Å². The lowest BCUT2D eigenvalue weighted by Crippen LogP contribution is -2.44. The average Bonchev–Trinajstić information content (AvgIpc) is 3.03. The number of halogens is 1. The second-order valence-electron chi connectivity index (χ2n) is 5.27. The van der Waals surface area contributed by atoms with Crippen LogP contribution in [0.2, 0.25) is 0 Å². The molecule has 1 atom stereocenters. The SMILES string of the molecule is CN=C(NCCc1ncc(C)s1)NCC1CCCN1C.I. The third-order valence-electron chi connectivity index (χ3n) is 3.70. The van der Waals surface area contributed by atoms with Crippen LogP contribution >= 0.6 is 35.3 Å². The lowest BCUT2D eigenvalue weighted by molar-refractivity contribution is 0.309. The normalized spacial score (nSPS) is 19.4. The van der Waals surface area contributed by atoms with E-state index in [9.17, 15) is 0 Å². The molecule has 2 N–H and O–H groups in total. The Kier molecular flexibility index (Phi) is 8.50. The number of hydrogen-bond donors (Lipinski definition) is 2. The van der Waals surface area contributed by atoms with Gasteiger partial charge < -0.3 is 15.5 Å². The molecule has 5 nitrogen and oxygen atoms in total. The molecule has 2 heterocycles. The number of hydrogen-bond acceptors (Lipinski definition) is 4. The maximum absolute atomic E-state index is 4.37. The van der Waals surface area contributed by atoms with Gasteiger partial charge >= 0.3 is 0 Å². The van der Waals surface area contributed by atoms with Gasteiger partial charge in [0, 0.05) is 43.7 Å². The highest BCUT2D eigenvalue weighted by molar-refractivity contribution is 14.0. The van der Waals surface area contributed by atoms with Crippen molar-refractivity contribution in [3.05, 3.63) is 16.1 Å². The van der Waals surface area contributed by atoms with Crippen molar-refractivity contribution in [2.45, 2.75) is 32.2 Å². The van der Waals surface area contributed by atoms with Gasteiger partial charge in [0.2, 0.25) is 0 Å². The molecule has 21 heavy (non-hydrogen) atoms. The van der Waals surface area contributed by atoms with Crippen LogP contribution in [0, 0.1) is 6.92 Å². The molecule has 1 aromatic heterocycles. The summed E-state index contributed by atoms with van der Waals surface area (Å²) in [7, 11) is 4.02. The summed E-state index contributed by atoms with van der Waals surface area (Å²) < 4.78 is 0. The predicted octanol–water partition coefficient (Wildman–Crippen LogP) is 1.87. The zero-order chi connectivity index (χ0) is 14.4. The minimum atomic E-state index is 0. The number of nitrogens with zero attached hydrogens (tertiary/aromatic N) is 3. The summed E-state index contributed by atoms with van der Waals surface area (Å²) in [5.41, 5.74) is 0. The van der Waals surface area contributed by atoms with E-state index in [-0.39, 0.29) is 24.0 Å². The number of rotatable bonds is 5. The van der Waals surface area contributed by atoms with Gasteiger partial charge in [0.15, 0.2) is 5.96 Å². The molecule has 0 amide bonds. The van der Waals surface area contributed by atoms with E-state index in [1.165, 1.54) is 29.3 Å². The molecular weight excluding hydrogens is 397 g/mol. The quantitative estimate of drug-likeness (QED) is 0.432. The number of aliphatic imine (C=N–C) groups is 1. The number of aromatic nitrogens is 1. The van der Waals surface area contributed by atoms with Gasteiger partial charge in [0.1, 0.15) is 0 Å². The molecule has 7 heteroatoms. The topological polar surface area (TPSA) is 52.6 Å². The van der Waals surface area contributed by atoms with Crippen LogP contribution in [0.4, 0.5) is 0 Å². The summed E-state index contributed by atoms with van der Waals surface area (Å²) >= 11 is 1.76. The first-order valence-corrected chi connectivity index (χ1v) is 8.06. The van der Waals surface area contributed by atoms with Gasteiger partial charge in [-0.25, -0.2) is 4.98 Å². The van der Waals surface area contributed by atoms with E-state index < -0.39 is 0 Å². The Bertz CT molecular complexity index is 448. The molecule has 1 fully saturated rings. The van der Waals surface area contributed by atoms with Gasteiger partial charge in [0.25, 0.3) is 0 Å². The van der Waals surface area contributed by atoms with Crippen molar-refractivity contribution in [3.63, 3.8) is 0 Å². The molecule has 0 radical (unpaired) electrons. The van der Waals surface area contributed by atoms with Crippen molar-refractivity contribution in [2.24, 2.45) is 4.99 Å². The molecule has 1 aromatic rings. The molecule has 0 aliphatic carbocycles. The van der Waals surface area contributed by atoms with Crippen LogP contribution in [0.3, 0.4) is 0 Å². The number of likely N-dealkylation sites (N-methyl/N-ethyl adjacent to an activating group) is 1. The number of likely N-dealkylation sites (tertiary alicyclic amines) is 1. The van der Waals surface area contributed by atoms with Crippen LogP contribution in [0.5, 0.6) is 0 Å². The monoisotopic (exact) mass is 423 g/mol. The fourth-order valence-electron chi connectivity index (χ4n) is 2.48. The summed E-state index contributed by atoms with van der Waals surface area (Å²) in [6.45, 7) is 5.13. The number of aryl methyl sites for hydroxylation is 1. The largest absolute Gasteiger partial charge is 0.356 e. The Morgan fingerprint density at radius 2 is 2.33 bits per heavy atom. The second kappa shape index (κ2) is 9.58. The molecular formula is C14H26IN5S. The van der Waals surface area contributed by atoms with E-state index in [1.807, 2.05) is 13.2 Å². The van der Waals surface area contributed by atoms with E-state index in [0.29, 0.717) is 6.04 Å². The summed E-state index contributed by atoms with van der Waals surface area (Å²) in [5, 5.41) is 7.95. The van der Waals surface area contributed by atoms with Crippen molar-refractivity contribution in [3.8, 4) is 0 Å². The van der Waals surface area contributed by atoms with Crippen molar-refractivity contribution < 1.29 is 0 Å². The highest BCUT2D eigenvalue weighted by Crippen LogP contribution is 2.13. The van der Waals surface area contributed by atoms with E-state index in [2.05, 4.69) is 39.5 Å². The summed E-state index contributed by atoms with van der Waals surface area (Å²) in [6.07, 6.45) is 5.46. The first kappa shape index (κ1) is 18.6. The molecule has 1 unspecified atom stereocenters. The Labute approximate surface area is 148 Å². The lowest BCUT2D eigenvalue weighted by atomic mass is 10.2. The van der Waals surface area contributed by atoms with Crippen LogP contribution in [0.15, 0.2) is 11.2 Å². The zero-order valence-corrected chi connectivity index (χ0v) is 16.2. The Morgan fingerprint density at radius 1 is 1.52 bits per heavy atom. The maximum atomic E-state index is 4.37. The van der Waals surface area contributed by atoms with Gasteiger partial charge in [0.05, 0.1) is 5.01 Å². The van der Waals surface area contributed by atoms with Crippen molar-refractivity contribution in [1.29, 1.82) is 0 Å². The molecule has 120 valence electrons. The van der Waals surface area contributed by atoms with Crippen LogP contribution in [0.25, 0.3) is 0 Å². The second-order valence-corrected chi connectivity index (χ2v) is 6.59. The molecule has 1 saturated heterocycles. The first-order chi connectivity index (χ1) is 9.69. The van der Waals surface area contributed by atoms with Crippen molar-refractivity contribution in [1.82, 2.24) is 20.5 Å². The predicted molar refractivity (Wildman–Crippen MR) is 101 cm³/mol. The average molecular weight is 423 g/mol. The van der Waals surface area contributed by atoms with Crippen LogP contribution in [-0.4, -0.2) is 55.6 Å². The first-order valence-electron chi connectivity index (χ1n) is 7.25. The standard InChI is InChI=1S/C14H25N5S.HI/c1-11-9-17-13(20-11)6-7-16-14(15-2)18-10-12-5-4-8-19(12)3;/h9,12H,4-8,10H2,1-3H3,(H2,15,16,18);1H. The molecule has 0 saturated carbocycles. The highest BCUT2D eigenvalue weighted by atomic mass is 127. The lowest BCUT2D eigenvalue weighted by Gasteiger charge is -2.21. The summed E-state index contributed by atoms with van der Waals surface area (Å²) in [4.78, 5) is 12.3. The number of thiazole rings is 1. The fraction of sp³-hybridized carbons (Fsp3) is 0.714. The zero-order valence-electron chi connectivity index (χ0n) is 13.1. The Balaban J connectivity index is 0.00000220. The Hall–Kier alpha value is -0.410. The Morgan fingerprint density at radius 3 is 2.90 bits per heavy atom. The number of guanidine groups is 1. The van der Waals surface area contributed by atoms with Gasteiger partial charge in [-0.05, 0) is 33.4 Å². The van der Waals surface area contributed by atoms with Crippen molar-refractivity contribution >= 4 is 41.3 Å². The minimum Gasteiger partial charge on any atom is -0.356 e. The molecule has 0 aromatic carbocycles. The summed E-state index contributed by atoms with van der Waals surface area (Å²) in [6, 6.07) is 0.634. The van der Waals surface area contributed by atoms with Gasteiger partial charge in [-0.3, -0.25) is 4.99 Å². The van der Waals surface area contributed by atoms with Gasteiger partial charge in [-0.2, -0.15) is 0 Å². The minimum absolute atomic E-state index is 0. The third kappa shape index (κ3) is 6.07. The van der Waals surface area contributed by atoms with E-state index in [4.69, 9.17) is 0 Å². The molecule has 1 aliphatic rings. The maximum Gasteiger partial charge on any atom is 0.191 e. The highest BCUT2D eigenvalue weighted by Gasteiger charge is 2.20. The van der Waals surface area contributed by atoms with Crippen LogP contribution in [0.1, 0.15) is 22.7 Å². The molecule has 1 aliphatic heterocycles. The fourth-order valence-corrected chi connectivity index (χ4v) is 3.26. The molecule has 0 spiro atoms. The van der Waals surface area contributed by atoms with E-state index in [1.54, 1.807) is 11.3 Å². The van der Waals surface area contributed by atoms with Crippen molar-refractivity contribution in [2.75, 3.05) is 33.7 Å². The van der Waals surface area contributed by atoms with Crippen LogP contribution in [-0.2, 0) is 6.42 Å². The third-order valence-corrected chi connectivity index (χ3v) is 4.67. The van der Waals surface area contributed by atoms with Gasteiger partial charge in [-0.15, -0.1) is 35.3 Å². The number of nitrogens with one attached hydrogen (secondary N) is 2. The van der Waals surface area contributed by atoms with E-state index in [0.717, 1.165) is 25.5 Å². The van der Waals surface area contributed by atoms with Gasteiger partial charge in [-0.1, -0.05) is 0 Å².